The standard InChI is InChI=1S/C23H29N3O4/c1-17-4-7-20(8-5-17)30-15-14-24(3)23(27)21-16-19(26(28)29)6-9-22(21)25-12-10-18(2)11-13-25/h4-9,16,18H,10-15H2,1-3H3. The Bertz CT molecular complexity index is 890. The van der Waals surface area contributed by atoms with Gasteiger partial charge in [-0.05, 0) is 43.9 Å². The number of rotatable bonds is 7. The number of non-ortho nitro benzene ring substituents is 1. The molecule has 0 spiro atoms. The van der Waals surface area contributed by atoms with E-state index in [1.54, 1.807) is 18.0 Å². The minimum atomic E-state index is -0.459. The molecule has 0 bridgehead atoms. The third-order valence-electron chi connectivity index (χ3n) is 5.61. The van der Waals surface area contributed by atoms with E-state index in [2.05, 4.69) is 11.8 Å². The second-order valence-corrected chi connectivity index (χ2v) is 8.02. The van der Waals surface area contributed by atoms with Crippen molar-refractivity contribution in [2.75, 3.05) is 38.2 Å². The zero-order valence-corrected chi connectivity index (χ0v) is 17.8. The van der Waals surface area contributed by atoms with Crippen molar-refractivity contribution < 1.29 is 14.5 Å². The van der Waals surface area contributed by atoms with Crippen LogP contribution in [0.5, 0.6) is 5.75 Å². The Balaban J connectivity index is 1.72. The Morgan fingerprint density at radius 2 is 1.87 bits per heavy atom. The average molecular weight is 412 g/mol. The highest BCUT2D eigenvalue weighted by atomic mass is 16.6. The molecule has 3 rings (SSSR count). The fourth-order valence-corrected chi connectivity index (χ4v) is 3.58. The number of carbonyl (C=O) groups is 1. The van der Waals surface area contributed by atoms with E-state index >= 15 is 0 Å². The van der Waals surface area contributed by atoms with Crippen molar-refractivity contribution >= 4 is 17.3 Å². The molecule has 7 heteroatoms. The topological polar surface area (TPSA) is 75.9 Å². The molecule has 1 amide bonds. The molecule has 0 aromatic heterocycles. The largest absolute Gasteiger partial charge is 0.492 e. The number of anilines is 1. The number of nitro groups is 1. The number of likely N-dealkylation sites (N-methyl/N-ethyl adjacent to an activating group) is 1. The number of ether oxygens (including phenoxy) is 1. The SMILES string of the molecule is Cc1ccc(OCCN(C)C(=O)c2cc([N+](=O)[O-])ccc2N2CCC(C)CC2)cc1. The summed E-state index contributed by atoms with van der Waals surface area (Å²) in [6, 6.07) is 12.3. The van der Waals surface area contributed by atoms with Crippen LogP contribution in [0.3, 0.4) is 0 Å². The van der Waals surface area contributed by atoms with Gasteiger partial charge in [-0.25, -0.2) is 0 Å². The van der Waals surface area contributed by atoms with E-state index in [4.69, 9.17) is 4.74 Å². The third kappa shape index (κ3) is 5.28. The van der Waals surface area contributed by atoms with Crippen molar-refractivity contribution in [1.29, 1.82) is 0 Å². The maximum atomic E-state index is 13.2. The van der Waals surface area contributed by atoms with Gasteiger partial charge in [0.15, 0.2) is 0 Å². The smallest absolute Gasteiger partial charge is 0.270 e. The molecule has 0 N–H and O–H groups in total. The molecular weight excluding hydrogens is 382 g/mol. The van der Waals surface area contributed by atoms with E-state index in [-0.39, 0.29) is 11.6 Å². The highest BCUT2D eigenvalue weighted by Gasteiger charge is 2.25. The Hall–Kier alpha value is -3.09. The lowest BCUT2D eigenvalue weighted by Crippen LogP contribution is -2.36. The van der Waals surface area contributed by atoms with E-state index in [0.717, 1.165) is 42.9 Å². The predicted octanol–water partition coefficient (Wildman–Crippen LogP) is 4.29. The van der Waals surface area contributed by atoms with Crippen LogP contribution in [0.25, 0.3) is 0 Å². The highest BCUT2D eigenvalue weighted by molar-refractivity contribution is 6.00. The van der Waals surface area contributed by atoms with Gasteiger partial charge in [0.2, 0.25) is 0 Å². The van der Waals surface area contributed by atoms with Gasteiger partial charge in [0.05, 0.1) is 22.7 Å². The number of aryl methyl sites for hydroxylation is 1. The van der Waals surface area contributed by atoms with Crippen LogP contribution in [0, 0.1) is 23.0 Å². The monoisotopic (exact) mass is 411 g/mol. The van der Waals surface area contributed by atoms with E-state index in [1.807, 2.05) is 31.2 Å². The first kappa shape index (κ1) is 21.6. The summed E-state index contributed by atoms with van der Waals surface area (Å²) < 4.78 is 5.73. The Labute approximate surface area is 177 Å². The molecule has 1 aliphatic rings. The summed E-state index contributed by atoms with van der Waals surface area (Å²) in [5.74, 6) is 1.17. The van der Waals surface area contributed by atoms with Crippen molar-refractivity contribution in [3.05, 3.63) is 63.7 Å². The number of piperidine rings is 1. The van der Waals surface area contributed by atoms with Gasteiger partial charge in [-0.1, -0.05) is 24.6 Å². The molecule has 0 aliphatic carbocycles. The summed E-state index contributed by atoms with van der Waals surface area (Å²) in [6.45, 7) is 6.65. The van der Waals surface area contributed by atoms with Gasteiger partial charge in [-0.3, -0.25) is 14.9 Å². The van der Waals surface area contributed by atoms with Gasteiger partial charge < -0.3 is 14.5 Å². The van der Waals surface area contributed by atoms with Crippen LogP contribution in [0.2, 0.25) is 0 Å². The molecular formula is C23H29N3O4. The molecule has 0 saturated carbocycles. The van der Waals surface area contributed by atoms with Crippen LogP contribution >= 0.6 is 0 Å². The maximum Gasteiger partial charge on any atom is 0.270 e. The Morgan fingerprint density at radius 3 is 2.50 bits per heavy atom. The van der Waals surface area contributed by atoms with Crippen LogP contribution in [0.4, 0.5) is 11.4 Å². The molecule has 7 nitrogen and oxygen atoms in total. The van der Waals surface area contributed by atoms with Crippen LogP contribution in [0.15, 0.2) is 42.5 Å². The van der Waals surface area contributed by atoms with Crippen LogP contribution in [0.1, 0.15) is 35.7 Å². The summed E-state index contributed by atoms with van der Waals surface area (Å²) in [5, 5.41) is 11.3. The third-order valence-corrected chi connectivity index (χ3v) is 5.61. The van der Waals surface area contributed by atoms with E-state index < -0.39 is 4.92 Å². The number of nitrogens with zero attached hydrogens (tertiary/aromatic N) is 3. The Morgan fingerprint density at radius 1 is 1.20 bits per heavy atom. The van der Waals surface area contributed by atoms with Crippen molar-refractivity contribution in [2.45, 2.75) is 26.7 Å². The number of benzene rings is 2. The molecule has 2 aromatic carbocycles. The summed E-state index contributed by atoms with van der Waals surface area (Å²) in [6.07, 6.45) is 2.09. The fraction of sp³-hybridized carbons (Fsp3) is 0.435. The van der Waals surface area contributed by atoms with Gasteiger partial charge >= 0.3 is 0 Å². The quantitative estimate of drug-likeness (QED) is 0.502. The average Bonchev–Trinajstić information content (AvgIpc) is 2.74. The first-order chi connectivity index (χ1) is 14.3. The molecule has 0 unspecified atom stereocenters. The van der Waals surface area contributed by atoms with Gasteiger partial charge in [-0.2, -0.15) is 0 Å². The minimum absolute atomic E-state index is 0.0724. The van der Waals surface area contributed by atoms with Crippen LogP contribution in [-0.2, 0) is 0 Å². The van der Waals surface area contributed by atoms with Crippen molar-refractivity contribution in [1.82, 2.24) is 4.90 Å². The number of carbonyl (C=O) groups excluding carboxylic acids is 1. The van der Waals surface area contributed by atoms with Gasteiger partial charge in [0.1, 0.15) is 12.4 Å². The lowest BCUT2D eigenvalue weighted by Gasteiger charge is -2.33. The molecule has 0 atom stereocenters. The molecule has 1 heterocycles. The van der Waals surface area contributed by atoms with Gasteiger partial charge in [-0.15, -0.1) is 0 Å². The van der Waals surface area contributed by atoms with Crippen LogP contribution < -0.4 is 9.64 Å². The second kappa shape index (κ2) is 9.61. The molecule has 30 heavy (non-hydrogen) atoms. The zero-order chi connectivity index (χ0) is 21.7. The van der Waals surface area contributed by atoms with Gasteiger partial charge in [0.25, 0.3) is 11.6 Å². The first-order valence-electron chi connectivity index (χ1n) is 10.3. The predicted molar refractivity (Wildman–Crippen MR) is 117 cm³/mol. The Kier molecular flexibility index (Phi) is 6.92. The number of hydrogen-bond donors (Lipinski definition) is 0. The van der Waals surface area contributed by atoms with E-state index in [1.165, 1.54) is 12.1 Å². The van der Waals surface area contributed by atoms with Crippen molar-refractivity contribution in [3.63, 3.8) is 0 Å². The van der Waals surface area contributed by atoms with Crippen molar-refractivity contribution in [3.8, 4) is 5.75 Å². The van der Waals surface area contributed by atoms with Gasteiger partial charge in [0, 0.05) is 32.3 Å². The first-order valence-corrected chi connectivity index (χ1v) is 10.3. The lowest BCUT2D eigenvalue weighted by atomic mass is 9.97. The molecule has 0 radical (unpaired) electrons. The van der Waals surface area contributed by atoms with E-state index in [0.29, 0.717) is 24.6 Å². The zero-order valence-electron chi connectivity index (χ0n) is 17.8. The molecule has 1 aliphatic heterocycles. The minimum Gasteiger partial charge on any atom is -0.492 e. The fourth-order valence-electron chi connectivity index (χ4n) is 3.58. The normalized spacial score (nSPS) is 14.4. The molecule has 1 fully saturated rings. The van der Waals surface area contributed by atoms with E-state index in [9.17, 15) is 14.9 Å². The summed E-state index contributed by atoms with van der Waals surface area (Å²) >= 11 is 0. The lowest BCUT2D eigenvalue weighted by molar-refractivity contribution is -0.384. The van der Waals surface area contributed by atoms with Crippen LogP contribution in [-0.4, -0.2) is 49.0 Å². The summed E-state index contributed by atoms with van der Waals surface area (Å²) in [4.78, 5) is 27.7. The molecule has 1 saturated heterocycles. The molecule has 160 valence electrons. The number of amides is 1. The van der Waals surface area contributed by atoms with Crippen molar-refractivity contribution in [2.24, 2.45) is 5.92 Å². The summed E-state index contributed by atoms with van der Waals surface area (Å²) in [5.41, 5.74) is 2.22. The molecule has 2 aromatic rings. The number of nitro benzene ring substituents is 1. The number of hydrogen-bond acceptors (Lipinski definition) is 5. The highest BCUT2D eigenvalue weighted by Crippen LogP contribution is 2.30. The second-order valence-electron chi connectivity index (χ2n) is 8.02. The summed E-state index contributed by atoms with van der Waals surface area (Å²) in [7, 11) is 1.70. The maximum absolute atomic E-state index is 13.2.